The molecule has 1 rings (SSSR count). The molecule has 1 heterocycles. The van der Waals surface area contributed by atoms with Crippen LogP contribution >= 0.6 is 0 Å². The van der Waals surface area contributed by atoms with Crippen LogP contribution in [-0.4, -0.2) is 100 Å². The molecule has 31 heavy (non-hydrogen) atoms. The largest absolute Gasteiger partial charge is 0.461 e. The van der Waals surface area contributed by atoms with Gasteiger partial charge in [-0.05, 0) is 6.42 Å². The lowest BCUT2D eigenvalue weighted by molar-refractivity contribution is -0.147. The van der Waals surface area contributed by atoms with Gasteiger partial charge in [0, 0.05) is 32.5 Å². The second-order valence-corrected chi connectivity index (χ2v) is 7.71. The monoisotopic (exact) mass is 445 g/mol. The van der Waals surface area contributed by atoms with Crippen LogP contribution in [0, 0.1) is 0 Å². The van der Waals surface area contributed by atoms with Crippen molar-refractivity contribution in [2.45, 2.75) is 58.7 Å². The zero-order valence-electron chi connectivity index (χ0n) is 19.3. The van der Waals surface area contributed by atoms with E-state index in [9.17, 15) is 14.4 Å². The molecule has 0 aromatic rings. The predicted octanol–water partition coefficient (Wildman–Crippen LogP) is 0.0930. The van der Waals surface area contributed by atoms with Gasteiger partial charge in [-0.1, -0.05) is 20.8 Å². The zero-order valence-corrected chi connectivity index (χ0v) is 19.3. The first-order chi connectivity index (χ1) is 14.8. The maximum absolute atomic E-state index is 12.6. The fraction of sp³-hybridized carbons (Fsp3) is 0.857. The second kappa shape index (κ2) is 16.0. The fourth-order valence-corrected chi connectivity index (χ4v) is 3.11. The van der Waals surface area contributed by atoms with E-state index in [4.69, 9.17) is 18.9 Å². The van der Waals surface area contributed by atoms with E-state index >= 15 is 0 Å². The lowest BCUT2D eigenvalue weighted by Gasteiger charge is -2.23. The molecule has 10 heteroatoms. The summed E-state index contributed by atoms with van der Waals surface area (Å²) < 4.78 is 21.5. The minimum Gasteiger partial charge on any atom is -0.461 e. The highest BCUT2D eigenvalue weighted by atomic mass is 16.5. The third-order valence-electron chi connectivity index (χ3n) is 4.54. The van der Waals surface area contributed by atoms with Crippen molar-refractivity contribution in [2.75, 3.05) is 59.3 Å². The van der Waals surface area contributed by atoms with Gasteiger partial charge in [0.25, 0.3) is 0 Å². The van der Waals surface area contributed by atoms with Gasteiger partial charge < -0.3 is 34.5 Å². The molecule has 1 aliphatic rings. The number of ether oxygens (including phenoxy) is 4. The molecule has 0 bridgehead atoms. The molecule has 1 saturated heterocycles. The molecule has 2 unspecified atom stereocenters. The van der Waals surface area contributed by atoms with E-state index in [0.29, 0.717) is 39.0 Å². The Bertz CT molecular complexity index is 545. The van der Waals surface area contributed by atoms with Gasteiger partial charge in [-0.2, -0.15) is 0 Å². The smallest absolute Gasteiger partial charge is 0.302 e. The Balaban J connectivity index is 2.25. The molecule has 10 nitrogen and oxygen atoms in total. The Labute approximate surface area is 185 Å². The van der Waals surface area contributed by atoms with Gasteiger partial charge >= 0.3 is 5.97 Å². The number of carbonyl (C=O) groups excluding carboxylic acids is 3. The number of nitrogens with one attached hydrogen (secondary N) is 2. The van der Waals surface area contributed by atoms with Crippen LogP contribution < -0.4 is 10.6 Å². The lowest BCUT2D eigenvalue weighted by atomic mass is 10.2. The summed E-state index contributed by atoms with van der Waals surface area (Å²) in [5, 5.41) is 6.06. The molecule has 0 spiro atoms. The molecule has 0 aliphatic carbocycles. The van der Waals surface area contributed by atoms with E-state index in [-0.39, 0.29) is 38.0 Å². The number of hydrogen-bond donors (Lipinski definition) is 2. The third-order valence-corrected chi connectivity index (χ3v) is 4.54. The van der Waals surface area contributed by atoms with E-state index < -0.39 is 18.1 Å². The number of carbonyl (C=O) groups is 3. The lowest BCUT2D eigenvalue weighted by Crippen LogP contribution is -2.47. The minimum atomic E-state index is -0.661. The highest BCUT2D eigenvalue weighted by Gasteiger charge is 2.40. The Morgan fingerprint density at radius 3 is 2.26 bits per heavy atom. The first-order valence-electron chi connectivity index (χ1n) is 11.1. The van der Waals surface area contributed by atoms with E-state index in [1.165, 1.54) is 11.8 Å². The maximum atomic E-state index is 12.6. The van der Waals surface area contributed by atoms with Gasteiger partial charge in [-0.3, -0.25) is 14.4 Å². The number of amides is 2. The van der Waals surface area contributed by atoms with Crippen molar-refractivity contribution in [3.05, 3.63) is 0 Å². The Morgan fingerprint density at radius 1 is 1.00 bits per heavy atom. The molecule has 180 valence electrons. The van der Waals surface area contributed by atoms with Crippen LogP contribution in [0.5, 0.6) is 0 Å². The first kappa shape index (κ1) is 27.3. The van der Waals surface area contributed by atoms with Gasteiger partial charge in [-0.15, -0.1) is 0 Å². The normalized spacial score (nSPS) is 18.4. The molecule has 1 aliphatic heterocycles. The molecule has 0 aromatic heterocycles. The number of hydrogen-bond acceptors (Lipinski definition) is 8. The molecule has 2 N–H and O–H groups in total. The summed E-state index contributed by atoms with van der Waals surface area (Å²) >= 11 is 0. The van der Waals surface area contributed by atoms with Crippen LogP contribution in [0.25, 0.3) is 0 Å². The number of likely N-dealkylation sites (tertiary alicyclic amines) is 1. The van der Waals surface area contributed by atoms with E-state index in [0.717, 1.165) is 13.0 Å². The molecule has 0 radical (unpaired) electrons. The quantitative estimate of drug-likeness (QED) is 0.254. The van der Waals surface area contributed by atoms with Crippen LogP contribution in [0.15, 0.2) is 0 Å². The standard InChI is InChI=1S/C21H39N3O7/c1-5-6-23-21(27)19-13-18(31-17(4)25)14-24(19)20(26)15-30-12-11-29-10-9-28-8-7-22-16(2)3/h16,18-19,22H,5-15H2,1-4H3,(H,23,27). The highest BCUT2D eigenvalue weighted by molar-refractivity contribution is 5.89. The minimum absolute atomic E-state index is 0.162. The third kappa shape index (κ3) is 12.0. The van der Waals surface area contributed by atoms with E-state index in [1.54, 1.807) is 0 Å². The van der Waals surface area contributed by atoms with Gasteiger partial charge in [-0.25, -0.2) is 0 Å². The van der Waals surface area contributed by atoms with Crippen LogP contribution in [0.3, 0.4) is 0 Å². The van der Waals surface area contributed by atoms with Gasteiger partial charge in [0.15, 0.2) is 0 Å². The fourth-order valence-electron chi connectivity index (χ4n) is 3.11. The summed E-state index contributed by atoms with van der Waals surface area (Å²) in [5.74, 6) is -0.982. The van der Waals surface area contributed by atoms with Crippen LogP contribution in [0.2, 0.25) is 0 Å². The second-order valence-electron chi connectivity index (χ2n) is 7.71. The van der Waals surface area contributed by atoms with Gasteiger partial charge in [0.2, 0.25) is 11.8 Å². The summed E-state index contributed by atoms with van der Waals surface area (Å²) in [7, 11) is 0. The Morgan fingerprint density at radius 2 is 1.65 bits per heavy atom. The van der Waals surface area contributed by atoms with Crippen molar-refractivity contribution in [2.24, 2.45) is 0 Å². The molecule has 1 fully saturated rings. The summed E-state index contributed by atoms with van der Waals surface area (Å²) in [6, 6.07) is -0.223. The van der Waals surface area contributed by atoms with Gasteiger partial charge in [0.1, 0.15) is 18.8 Å². The van der Waals surface area contributed by atoms with Crippen molar-refractivity contribution in [3.63, 3.8) is 0 Å². The molecule has 2 amide bonds. The van der Waals surface area contributed by atoms with Crippen molar-refractivity contribution in [1.82, 2.24) is 15.5 Å². The molecule has 2 atom stereocenters. The van der Waals surface area contributed by atoms with Crippen LogP contribution in [-0.2, 0) is 33.3 Å². The Kier molecular flexibility index (Phi) is 14.1. The zero-order chi connectivity index (χ0) is 23.1. The van der Waals surface area contributed by atoms with Crippen molar-refractivity contribution >= 4 is 17.8 Å². The van der Waals surface area contributed by atoms with E-state index in [1.807, 2.05) is 6.92 Å². The van der Waals surface area contributed by atoms with Crippen molar-refractivity contribution in [3.8, 4) is 0 Å². The summed E-state index contributed by atoms with van der Waals surface area (Å²) in [6.45, 7) is 11.0. The summed E-state index contributed by atoms with van der Waals surface area (Å²) in [5.41, 5.74) is 0. The predicted molar refractivity (Wildman–Crippen MR) is 115 cm³/mol. The topological polar surface area (TPSA) is 115 Å². The first-order valence-corrected chi connectivity index (χ1v) is 11.1. The Hall–Kier alpha value is -1.75. The summed E-state index contributed by atoms with van der Waals surface area (Å²) in [6.07, 6.45) is 0.595. The highest BCUT2D eigenvalue weighted by Crippen LogP contribution is 2.21. The average molecular weight is 446 g/mol. The summed E-state index contributed by atoms with van der Waals surface area (Å²) in [4.78, 5) is 37.6. The SMILES string of the molecule is CCCNC(=O)C1CC(OC(C)=O)CN1C(=O)COCCOCCOCCNC(C)C. The average Bonchev–Trinajstić information content (AvgIpc) is 3.13. The number of nitrogens with zero attached hydrogens (tertiary/aromatic N) is 1. The van der Waals surface area contributed by atoms with Crippen molar-refractivity contribution < 1.29 is 33.3 Å². The van der Waals surface area contributed by atoms with Crippen LogP contribution in [0.1, 0.15) is 40.5 Å². The number of esters is 1. The molecular formula is C21H39N3O7. The van der Waals surface area contributed by atoms with Crippen LogP contribution in [0.4, 0.5) is 0 Å². The van der Waals surface area contributed by atoms with Gasteiger partial charge in [0.05, 0.1) is 39.6 Å². The van der Waals surface area contributed by atoms with E-state index in [2.05, 4.69) is 24.5 Å². The maximum Gasteiger partial charge on any atom is 0.302 e. The molecular weight excluding hydrogens is 406 g/mol. The van der Waals surface area contributed by atoms with Crippen molar-refractivity contribution in [1.29, 1.82) is 0 Å². The molecule has 0 aromatic carbocycles. The number of rotatable bonds is 16. The molecule has 0 saturated carbocycles.